The number of hydrogen-bond acceptors (Lipinski definition) is 4. The first kappa shape index (κ1) is 17.8. The number of carbonyl (C=O) groups is 1. The van der Waals surface area contributed by atoms with Crippen molar-refractivity contribution in [2.24, 2.45) is 0 Å². The molecule has 0 atom stereocenters. The lowest BCUT2D eigenvalue weighted by molar-refractivity contribution is -0.113. The summed E-state index contributed by atoms with van der Waals surface area (Å²) in [5.41, 5.74) is 3.34. The van der Waals surface area contributed by atoms with E-state index in [0.29, 0.717) is 5.75 Å². The Morgan fingerprint density at radius 1 is 1.08 bits per heavy atom. The number of anilines is 2. The third-order valence-corrected chi connectivity index (χ3v) is 5.45. The van der Waals surface area contributed by atoms with E-state index in [4.69, 9.17) is 0 Å². The second-order valence-corrected chi connectivity index (χ2v) is 7.49. The van der Waals surface area contributed by atoms with Crippen LogP contribution in [0.3, 0.4) is 0 Å². The van der Waals surface area contributed by atoms with Crippen LogP contribution < -0.4 is 10.2 Å². The average Bonchev–Trinajstić information content (AvgIpc) is 2.62. The molecule has 1 aliphatic rings. The maximum absolute atomic E-state index is 12.2. The van der Waals surface area contributed by atoms with E-state index in [-0.39, 0.29) is 5.91 Å². The van der Waals surface area contributed by atoms with Crippen molar-refractivity contribution in [2.75, 3.05) is 49.2 Å². The first-order valence-electron chi connectivity index (χ1n) is 8.63. The molecule has 0 bridgehead atoms. The number of piperazine rings is 1. The predicted molar refractivity (Wildman–Crippen MR) is 107 cm³/mol. The number of carbonyl (C=O) groups excluding carboxylic acids is 1. The van der Waals surface area contributed by atoms with E-state index >= 15 is 0 Å². The van der Waals surface area contributed by atoms with Crippen LogP contribution in [-0.2, 0) is 4.79 Å². The van der Waals surface area contributed by atoms with Gasteiger partial charge in [0.1, 0.15) is 0 Å². The van der Waals surface area contributed by atoms with Gasteiger partial charge in [0, 0.05) is 42.4 Å². The molecule has 25 heavy (non-hydrogen) atoms. The van der Waals surface area contributed by atoms with Crippen molar-refractivity contribution in [1.29, 1.82) is 0 Å². The Balaban J connectivity index is 1.56. The molecule has 4 nitrogen and oxygen atoms in total. The van der Waals surface area contributed by atoms with Crippen molar-refractivity contribution in [3.05, 3.63) is 54.1 Å². The highest BCUT2D eigenvalue weighted by molar-refractivity contribution is 8.00. The van der Waals surface area contributed by atoms with Gasteiger partial charge in [-0.15, -0.1) is 11.8 Å². The van der Waals surface area contributed by atoms with E-state index in [0.717, 1.165) is 36.8 Å². The molecule has 0 aliphatic carbocycles. The Kier molecular flexibility index (Phi) is 6.00. The molecule has 2 aromatic carbocycles. The fourth-order valence-electron chi connectivity index (χ4n) is 3.00. The third-order valence-electron chi connectivity index (χ3n) is 4.44. The topological polar surface area (TPSA) is 35.6 Å². The molecule has 2 aromatic rings. The Labute approximate surface area is 154 Å². The second-order valence-electron chi connectivity index (χ2n) is 6.44. The van der Waals surface area contributed by atoms with Crippen LogP contribution in [0.5, 0.6) is 0 Å². The predicted octanol–water partition coefficient (Wildman–Crippen LogP) is 3.48. The van der Waals surface area contributed by atoms with Gasteiger partial charge in [0.25, 0.3) is 0 Å². The van der Waals surface area contributed by atoms with Crippen LogP contribution in [0.25, 0.3) is 0 Å². The number of aryl methyl sites for hydroxylation is 1. The first-order chi connectivity index (χ1) is 12.1. The van der Waals surface area contributed by atoms with Gasteiger partial charge in [-0.05, 0) is 49.9 Å². The standard InChI is InChI=1S/C20H25N3OS/c1-16-14-17(8-9-19(16)23-12-10-22(2)11-13-23)21-20(24)15-25-18-6-4-3-5-7-18/h3-9,14H,10-13,15H2,1-2H3,(H,21,24). The van der Waals surface area contributed by atoms with Crippen molar-refractivity contribution in [3.63, 3.8) is 0 Å². The number of hydrogen-bond donors (Lipinski definition) is 1. The molecule has 1 saturated heterocycles. The lowest BCUT2D eigenvalue weighted by Crippen LogP contribution is -2.44. The number of benzene rings is 2. The quantitative estimate of drug-likeness (QED) is 0.833. The number of nitrogens with zero attached hydrogens (tertiary/aromatic N) is 2. The molecule has 0 unspecified atom stereocenters. The van der Waals surface area contributed by atoms with Crippen LogP contribution in [0.15, 0.2) is 53.4 Å². The van der Waals surface area contributed by atoms with E-state index < -0.39 is 0 Å². The molecule has 1 N–H and O–H groups in total. The summed E-state index contributed by atoms with van der Waals surface area (Å²) >= 11 is 1.55. The molecule has 0 radical (unpaired) electrons. The van der Waals surface area contributed by atoms with Gasteiger partial charge >= 0.3 is 0 Å². The third kappa shape index (κ3) is 5.00. The zero-order valence-corrected chi connectivity index (χ0v) is 15.7. The summed E-state index contributed by atoms with van der Waals surface area (Å²) in [4.78, 5) is 18.1. The molecule has 0 spiro atoms. The van der Waals surface area contributed by atoms with Gasteiger partial charge in [0.05, 0.1) is 5.75 Å². The van der Waals surface area contributed by atoms with Gasteiger partial charge in [-0.1, -0.05) is 18.2 Å². The van der Waals surface area contributed by atoms with Crippen LogP contribution in [-0.4, -0.2) is 49.8 Å². The largest absolute Gasteiger partial charge is 0.369 e. The molecule has 5 heteroatoms. The van der Waals surface area contributed by atoms with Gasteiger partial charge in [-0.25, -0.2) is 0 Å². The van der Waals surface area contributed by atoms with Gasteiger partial charge in [-0.3, -0.25) is 4.79 Å². The van der Waals surface area contributed by atoms with Crippen molar-refractivity contribution in [2.45, 2.75) is 11.8 Å². The maximum atomic E-state index is 12.2. The summed E-state index contributed by atoms with van der Waals surface area (Å²) in [5, 5.41) is 3.00. The minimum Gasteiger partial charge on any atom is -0.369 e. The van der Waals surface area contributed by atoms with Gasteiger partial charge in [0.15, 0.2) is 0 Å². The molecule has 3 rings (SSSR count). The Hall–Kier alpha value is -1.98. The van der Waals surface area contributed by atoms with Crippen molar-refractivity contribution >= 4 is 29.0 Å². The minimum absolute atomic E-state index is 0.0283. The highest BCUT2D eigenvalue weighted by atomic mass is 32.2. The number of likely N-dealkylation sites (N-methyl/N-ethyl adjacent to an activating group) is 1. The molecule has 1 aliphatic heterocycles. The Bertz CT molecular complexity index is 712. The first-order valence-corrected chi connectivity index (χ1v) is 9.62. The summed E-state index contributed by atoms with van der Waals surface area (Å²) in [6, 6.07) is 16.2. The normalized spacial score (nSPS) is 15.2. The summed E-state index contributed by atoms with van der Waals surface area (Å²) in [6.45, 7) is 6.40. The molecule has 1 fully saturated rings. The Morgan fingerprint density at radius 3 is 2.48 bits per heavy atom. The molecule has 1 amide bonds. The fraction of sp³-hybridized carbons (Fsp3) is 0.350. The number of thioether (sulfide) groups is 1. The van der Waals surface area contributed by atoms with Crippen LogP contribution >= 0.6 is 11.8 Å². The number of nitrogens with one attached hydrogen (secondary N) is 1. The fourth-order valence-corrected chi connectivity index (χ4v) is 3.72. The van der Waals surface area contributed by atoms with Gasteiger partial charge in [-0.2, -0.15) is 0 Å². The monoisotopic (exact) mass is 355 g/mol. The number of rotatable bonds is 5. The Morgan fingerprint density at radius 2 is 1.80 bits per heavy atom. The van der Waals surface area contributed by atoms with E-state index in [9.17, 15) is 4.79 Å². The average molecular weight is 356 g/mol. The number of amides is 1. The minimum atomic E-state index is 0.0283. The molecule has 132 valence electrons. The summed E-state index contributed by atoms with van der Waals surface area (Å²) in [7, 11) is 2.16. The van der Waals surface area contributed by atoms with E-state index in [2.05, 4.69) is 41.2 Å². The molecule has 1 heterocycles. The second kappa shape index (κ2) is 8.41. The SMILES string of the molecule is Cc1cc(NC(=O)CSc2ccccc2)ccc1N1CCN(C)CC1. The van der Waals surface area contributed by atoms with E-state index in [1.54, 1.807) is 11.8 Å². The van der Waals surface area contributed by atoms with Crippen LogP contribution in [0.2, 0.25) is 0 Å². The molecular formula is C20H25N3OS. The van der Waals surface area contributed by atoms with Gasteiger partial charge in [0.2, 0.25) is 5.91 Å². The van der Waals surface area contributed by atoms with Crippen molar-refractivity contribution in [1.82, 2.24) is 4.90 Å². The van der Waals surface area contributed by atoms with E-state index in [1.165, 1.54) is 11.3 Å². The highest BCUT2D eigenvalue weighted by Crippen LogP contribution is 2.25. The van der Waals surface area contributed by atoms with Crippen LogP contribution in [0.1, 0.15) is 5.56 Å². The summed E-state index contributed by atoms with van der Waals surface area (Å²) < 4.78 is 0. The van der Waals surface area contributed by atoms with Gasteiger partial charge < -0.3 is 15.1 Å². The molecule has 0 saturated carbocycles. The summed E-state index contributed by atoms with van der Waals surface area (Å²) in [5.74, 6) is 0.448. The smallest absolute Gasteiger partial charge is 0.234 e. The van der Waals surface area contributed by atoms with Crippen LogP contribution in [0, 0.1) is 6.92 Å². The molecular weight excluding hydrogens is 330 g/mol. The van der Waals surface area contributed by atoms with Crippen molar-refractivity contribution < 1.29 is 4.79 Å². The lowest BCUT2D eigenvalue weighted by atomic mass is 10.1. The van der Waals surface area contributed by atoms with Crippen molar-refractivity contribution in [3.8, 4) is 0 Å². The highest BCUT2D eigenvalue weighted by Gasteiger charge is 2.16. The zero-order valence-electron chi connectivity index (χ0n) is 14.9. The lowest BCUT2D eigenvalue weighted by Gasteiger charge is -2.35. The zero-order chi connectivity index (χ0) is 17.6. The van der Waals surface area contributed by atoms with E-state index in [1.807, 2.05) is 36.4 Å². The maximum Gasteiger partial charge on any atom is 0.234 e. The molecule has 0 aromatic heterocycles. The summed E-state index contributed by atoms with van der Waals surface area (Å²) in [6.07, 6.45) is 0. The van der Waals surface area contributed by atoms with Crippen LogP contribution in [0.4, 0.5) is 11.4 Å².